The summed E-state index contributed by atoms with van der Waals surface area (Å²) >= 11 is 0. The van der Waals surface area contributed by atoms with Crippen molar-refractivity contribution in [2.24, 2.45) is 18.4 Å². The van der Waals surface area contributed by atoms with E-state index < -0.39 is 0 Å². The van der Waals surface area contributed by atoms with Crippen LogP contribution in [0.1, 0.15) is 24.0 Å². The second-order valence-electron chi connectivity index (χ2n) is 10.4. The van der Waals surface area contributed by atoms with E-state index in [-0.39, 0.29) is 0 Å². The zero-order chi connectivity index (χ0) is 24.9. The normalized spacial score (nSPS) is 16.6. The van der Waals surface area contributed by atoms with E-state index in [1.165, 1.54) is 18.4 Å². The van der Waals surface area contributed by atoms with Gasteiger partial charge in [0.05, 0.1) is 17.4 Å². The molecular weight excluding hydrogens is 450 g/mol. The van der Waals surface area contributed by atoms with Crippen molar-refractivity contribution in [3.8, 4) is 11.3 Å². The molecule has 1 amide bonds. The summed E-state index contributed by atoms with van der Waals surface area (Å²) in [6.07, 6.45) is 7.03. The Morgan fingerprint density at radius 1 is 1.22 bits per heavy atom. The maximum Gasteiger partial charge on any atom is 0.207 e. The molecular formula is C28H31N7O. The van der Waals surface area contributed by atoms with Gasteiger partial charge in [0.15, 0.2) is 0 Å². The van der Waals surface area contributed by atoms with Crippen molar-refractivity contribution in [3.63, 3.8) is 0 Å². The number of carbonyl (C=O) groups is 1. The van der Waals surface area contributed by atoms with Crippen LogP contribution in [0.3, 0.4) is 0 Å². The molecule has 4 heterocycles. The van der Waals surface area contributed by atoms with Crippen LogP contribution < -0.4 is 10.6 Å². The van der Waals surface area contributed by atoms with Crippen LogP contribution in [0.25, 0.3) is 22.5 Å². The number of rotatable bonds is 8. The van der Waals surface area contributed by atoms with Gasteiger partial charge in [-0.15, -0.1) is 0 Å². The van der Waals surface area contributed by atoms with Gasteiger partial charge in [0.1, 0.15) is 5.82 Å². The second kappa shape index (κ2) is 8.55. The predicted molar refractivity (Wildman–Crippen MR) is 142 cm³/mol. The number of likely N-dealkylation sites (tertiary alicyclic amines) is 1. The van der Waals surface area contributed by atoms with Gasteiger partial charge in [0, 0.05) is 66.9 Å². The van der Waals surface area contributed by atoms with Crippen molar-refractivity contribution in [1.29, 1.82) is 0 Å². The van der Waals surface area contributed by atoms with E-state index in [2.05, 4.69) is 58.4 Å². The molecule has 3 aromatic heterocycles. The highest BCUT2D eigenvalue weighted by Gasteiger charge is 2.52. The van der Waals surface area contributed by atoms with E-state index in [4.69, 9.17) is 5.10 Å². The molecule has 8 heteroatoms. The van der Waals surface area contributed by atoms with Crippen LogP contribution in [0.15, 0.2) is 61.4 Å². The maximum absolute atomic E-state index is 10.5. The van der Waals surface area contributed by atoms with Crippen molar-refractivity contribution < 1.29 is 4.79 Å². The molecule has 1 spiro atoms. The van der Waals surface area contributed by atoms with Crippen molar-refractivity contribution in [2.75, 3.05) is 25.0 Å². The Morgan fingerprint density at radius 3 is 2.81 bits per heavy atom. The van der Waals surface area contributed by atoms with E-state index in [0.717, 1.165) is 65.6 Å². The zero-order valence-corrected chi connectivity index (χ0v) is 20.7. The third kappa shape index (κ3) is 3.82. The molecule has 1 aromatic carbocycles. The lowest BCUT2D eigenvalue weighted by Crippen LogP contribution is -2.62. The number of nitrogens with one attached hydrogen (secondary N) is 2. The predicted octanol–water partition coefficient (Wildman–Crippen LogP) is 4.22. The molecule has 0 unspecified atom stereocenters. The summed E-state index contributed by atoms with van der Waals surface area (Å²) in [7, 11) is 1.95. The van der Waals surface area contributed by atoms with E-state index in [1.54, 1.807) is 0 Å². The first-order valence-corrected chi connectivity index (χ1v) is 12.4. The molecule has 36 heavy (non-hydrogen) atoms. The van der Waals surface area contributed by atoms with Gasteiger partial charge in [-0.2, -0.15) is 10.2 Å². The largest absolute Gasteiger partial charge is 0.370 e. The lowest BCUT2D eigenvalue weighted by Gasteiger charge is -2.60. The van der Waals surface area contributed by atoms with Gasteiger partial charge < -0.3 is 15.5 Å². The number of anilines is 2. The first-order valence-electron chi connectivity index (χ1n) is 12.4. The standard InChI is InChI=1S/C28H31N7O/c1-19-6-4-5-7-23(19)25-11-27(33(3)32-25)31-22-8-9-35-26(10-22)24(15-30-35)20(2)34-16-28(17-34)12-21(13-28)14-29-18-36/h4-11,15,18,21,31H,2,12-14,16-17H2,1,3H3,(H,29,36). The average molecular weight is 482 g/mol. The van der Waals surface area contributed by atoms with E-state index >= 15 is 0 Å². The van der Waals surface area contributed by atoms with Crippen LogP contribution >= 0.6 is 0 Å². The topological polar surface area (TPSA) is 79.5 Å². The number of carbonyl (C=O) groups excluding carboxylic acids is 1. The molecule has 1 aliphatic carbocycles. The molecule has 4 aromatic rings. The molecule has 1 aliphatic heterocycles. The van der Waals surface area contributed by atoms with Crippen LogP contribution in [0.5, 0.6) is 0 Å². The van der Waals surface area contributed by atoms with Crippen molar-refractivity contribution in [3.05, 3.63) is 72.6 Å². The lowest BCUT2D eigenvalue weighted by molar-refractivity contribution is -0.111. The van der Waals surface area contributed by atoms with Crippen LogP contribution in [-0.2, 0) is 11.8 Å². The van der Waals surface area contributed by atoms with Crippen molar-refractivity contribution >= 4 is 29.1 Å². The van der Waals surface area contributed by atoms with E-state index in [1.807, 2.05) is 46.8 Å². The number of benzene rings is 1. The Labute approximate surface area is 210 Å². The van der Waals surface area contributed by atoms with Gasteiger partial charge in [-0.1, -0.05) is 30.8 Å². The second-order valence-corrected chi connectivity index (χ2v) is 10.4. The fourth-order valence-corrected chi connectivity index (χ4v) is 5.91. The minimum absolute atomic E-state index is 0.391. The quantitative estimate of drug-likeness (QED) is 0.369. The minimum Gasteiger partial charge on any atom is -0.370 e. The molecule has 1 saturated heterocycles. The summed E-state index contributed by atoms with van der Waals surface area (Å²) in [5, 5.41) is 15.6. The number of hydrogen-bond donors (Lipinski definition) is 2. The number of pyridine rings is 1. The van der Waals surface area contributed by atoms with Gasteiger partial charge in [0.2, 0.25) is 6.41 Å². The molecule has 6 rings (SSSR count). The van der Waals surface area contributed by atoms with Gasteiger partial charge in [-0.25, -0.2) is 4.52 Å². The molecule has 2 fully saturated rings. The SMILES string of the molecule is C=C(c1cnn2ccc(Nc3cc(-c4ccccc4C)nn3C)cc12)N1CC2(CC(CNC=O)C2)C1. The van der Waals surface area contributed by atoms with E-state index in [0.29, 0.717) is 11.3 Å². The zero-order valence-electron chi connectivity index (χ0n) is 20.7. The molecule has 1 saturated carbocycles. The molecule has 8 nitrogen and oxygen atoms in total. The summed E-state index contributed by atoms with van der Waals surface area (Å²) in [4.78, 5) is 12.9. The fraction of sp³-hybridized carbons (Fsp3) is 0.321. The number of hydrogen-bond acceptors (Lipinski definition) is 5. The Bertz CT molecular complexity index is 1450. The number of aromatic nitrogens is 4. The maximum atomic E-state index is 10.5. The third-order valence-electron chi connectivity index (χ3n) is 7.77. The summed E-state index contributed by atoms with van der Waals surface area (Å²) in [5.41, 5.74) is 7.74. The number of fused-ring (bicyclic) bond motifs is 1. The molecule has 0 bridgehead atoms. The first kappa shape index (κ1) is 22.4. The summed E-state index contributed by atoms with van der Waals surface area (Å²) in [6, 6.07) is 14.5. The highest BCUT2D eigenvalue weighted by molar-refractivity contribution is 5.79. The molecule has 184 valence electrons. The highest BCUT2D eigenvalue weighted by atomic mass is 16.1. The fourth-order valence-electron chi connectivity index (χ4n) is 5.91. The van der Waals surface area contributed by atoms with Gasteiger partial charge in [0.25, 0.3) is 0 Å². The Morgan fingerprint density at radius 2 is 2.03 bits per heavy atom. The first-order chi connectivity index (χ1) is 17.4. The monoisotopic (exact) mass is 481 g/mol. The van der Waals surface area contributed by atoms with Gasteiger partial charge in [-0.05, 0) is 43.4 Å². The van der Waals surface area contributed by atoms with Crippen molar-refractivity contribution in [2.45, 2.75) is 19.8 Å². The summed E-state index contributed by atoms with van der Waals surface area (Å²) < 4.78 is 3.77. The Balaban J connectivity index is 1.17. The average Bonchev–Trinajstić information content (AvgIpc) is 3.40. The van der Waals surface area contributed by atoms with Gasteiger partial charge >= 0.3 is 0 Å². The lowest BCUT2D eigenvalue weighted by atomic mass is 9.57. The minimum atomic E-state index is 0.391. The molecule has 2 aliphatic rings. The van der Waals surface area contributed by atoms with Crippen LogP contribution in [0.2, 0.25) is 0 Å². The summed E-state index contributed by atoms with van der Waals surface area (Å²) in [5.74, 6) is 1.53. The number of aryl methyl sites for hydroxylation is 2. The van der Waals surface area contributed by atoms with Gasteiger partial charge in [-0.3, -0.25) is 9.48 Å². The molecule has 2 N–H and O–H groups in total. The molecule has 0 atom stereocenters. The Kier molecular flexibility index (Phi) is 5.32. The van der Waals surface area contributed by atoms with Crippen LogP contribution in [0, 0.1) is 18.3 Å². The smallest absolute Gasteiger partial charge is 0.207 e. The van der Waals surface area contributed by atoms with Crippen LogP contribution in [-0.4, -0.2) is 50.3 Å². The highest BCUT2D eigenvalue weighted by Crippen LogP contribution is 2.53. The van der Waals surface area contributed by atoms with E-state index in [9.17, 15) is 4.79 Å². The molecule has 0 radical (unpaired) electrons. The summed E-state index contributed by atoms with van der Waals surface area (Å²) in [6.45, 7) is 9.36. The van der Waals surface area contributed by atoms with Crippen molar-refractivity contribution in [1.82, 2.24) is 29.6 Å². The Hall–Kier alpha value is -4.07. The van der Waals surface area contributed by atoms with Crippen LogP contribution in [0.4, 0.5) is 11.5 Å². The number of amides is 1. The third-order valence-corrected chi connectivity index (χ3v) is 7.77. The number of nitrogens with zero attached hydrogens (tertiary/aromatic N) is 5.